The molecule has 20 heavy (non-hydrogen) atoms. The predicted octanol–water partition coefficient (Wildman–Crippen LogP) is 3.92. The molecule has 0 aliphatic heterocycles. The van der Waals surface area contributed by atoms with Crippen LogP contribution < -0.4 is 11.1 Å². The second kappa shape index (κ2) is 5.13. The van der Waals surface area contributed by atoms with Crippen LogP contribution in [0, 0.1) is 5.82 Å². The maximum Gasteiger partial charge on any atom is 0.295 e. The van der Waals surface area contributed by atoms with Crippen molar-refractivity contribution in [3.63, 3.8) is 0 Å². The molecule has 0 unspecified atom stereocenters. The van der Waals surface area contributed by atoms with Crippen LogP contribution in [0.5, 0.6) is 0 Å². The molecule has 0 radical (unpaired) electrons. The summed E-state index contributed by atoms with van der Waals surface area (Å²) in [5.74, 6) is -0.277. The predicted molar refractivity (Wildman–Crippen MR) is 79.8 cm³/mol. The summed E-state index contributed by atoms with van der Waals surface area (Å²) in [7, 11) is 0. The number of rotatable bonds is 3. The van der Waals surface area contributed by atoms with Crippen LogP contribution >= 0.6 is 15.9 Å². The number of hydrogen-bond donors (Lipinski definition) is 2. The molecule has 0 aliphatic rings. The van der Waals surface area contributed by atoms with E-state index in [1.54, 1.807) is 30.3 Å². The first-order valence-electron chi connectivity index (χ1n) is 5.96. The lowest BCUT2D eigenvalue weighted by Gasteiger charge is -2.04. The average molecular weight is 336 g/mol. The van der Waals surface area contributed by atoms with Crippen LogP contribution in [0.2, 0.25) is 0 Å². The Balaban J connectivity index is 1.81. The monoisotopic (exact) mass is 335 g/mol. The maximum absolute atomic E-state index is 13.6. The molecule has 102 valence electrons. The molecule has 2 aromatic carbocycles. The molecule has 0 fully saturated rings. The molecule has 3 aromatic rings. The van der Waals surface area contributed by atoms with Crippen molar-refractivity contribution in [1.82, 2.24) is 4.98 Å². The second-order valence-corrected chi connectivity index (χ2v) is 5.25. The summed E-state index contributed by atoms with van der Waals surface area (Å²) in [6.07, 6.45) is 0. The van der Waals surface area contributed by atoms with Crippen LogP contribution in [-0.2, 0) is 6.54 Å². The van der Waals surface area contributed by atoms with Gasteiger partial charge in [0.25, 0.3) is 6.01 Å². The van der Waals surface area contributed by atoms with Gasteiger partial charge in [0.05, 0.1) is 0 Å². The van der Waals surface area contributed by atoms with Gasteiger partial charge in [0, 0.05) is 28.3 Å². The Morgan fingerprint density at radius 1 is 1.25 bits per heavy atom. The first-order chi connectivity index (χ1) is 9.61. The second-order valence-electron chi connectivity index (χ2n) is 4.34. The highest BCUT2D eigenvalue weighted by molar-refractivity contribution is 9.10. The van der Waals surface area contributed by atoms with E-state index in [-0.39, 0.29) is 12.4 Å². The van der Waals surface area contributed by atoms with Crippen LogP contribution in [0.15, 0.2) is 45.3 Å². The van der Waals surface area contributed by atoms with Crippen molar-refractivity contribution in [3.05, 3.63) is 52.3 Å². The number of benzene rings is 2. The molecule has 0 atom stereocenters. The first kappa shape index (κ1) is 12.9. The van der Waals surface area contributed by atoms with E-state index in [9.17, 15) is 4.39 Å². The summed E-state index contributed by atoms with van der Waals surface area (Å²) in [6, 6.07) is 10.3. The standard InChI is InChI=1S/C14H11BrFN3O/c15-9-1-3-11(16)8(5-9)7-18-14-19-12-4-2-10(17)6-13(12)20-14/h1-6H,7,17H2,(H,18,19). The largest absolute Gasteiger partial charge is 0.423 e. The van der Waals surface area contributed by atoms with E-state index < -0.39 is 0 Å². The zero-order valence-corrected chi connectivity index (χ0v) is 11.9. The van der Waals surface area contributed by atoms with Crippen LogP contribution in [0.4, 0.5) is 16.1 Å². The minimum Gasteiger partial charge on any atom is -0.423 e. The molecular formula is C14H11BrFN3O. The summed E-state index contributed by atoms with van der Waals surface area (Å²) in [6.45, 7) is 0.285. The minimum absolute atomic E-state index is 0.277. The smallest absolute Gasteiger partial charge is 0.295 e. The SMILES string of the molecule is Nc1ccc2nc(NCc3cc(Br)ccc3F)oc2c1. The normalized spacial score (nSPS) is 10.9. The molecule has 3 rings (SSSR count). The third kappa shape index (κ3) is 2.60. The third-order valence-corrected chi connectivity index (χ3v) is 3.34. The fourth-order valence-corrected chi connectivity index (χ4v) is 2.27. The lowest BCUT2D eigenvalue weighted by atomic mass is 10.2. The Bertz CT molecular complexity index is 772. The van der Waals surface area contributed by atoms with E-state index in [4.69, 9.17) is 10.2 Å². The fourth-order valence-electron chi connectivity index (χ4n) is 1.87. The van der Waals surface area contributed by atoms with Crippen molar-refractivity contribution < 1.29 is 8.81 Å². The summed E-state index contributed by atoms with van der Waals surface area (Å²) in [5.41, 5.74) is 8.11. The van der Waals surface area contributed by atoms with Gasteiger partial charge in [0.15, 0.2) is 5.58 Å². The molecule has 1 heterocycles. The van der Waals surface area contributed by atoms with Gasteiger partial charge in [-0.3, -0.25) is 0 Å². The van der Waals surface area contributed by atoms with Gasteiger partial charge >= 0.3 is 0 Å². The number of nitrogens with zero attached hydrogens (tertiary/aromatic N) is 1. The maximum atomic E-state index is 13.6. The molecule has 3 N–H and O–H groups in total. The van der Waals surface area contributed by atoms with Crippen molar-refractivity contribution in [2.24, 2.45) is 0 Å². The number of nitrogens with two attached hydrogens (primary N) is 1. The summed E-state index contributed by atoms with van der Waals surface area (Å²) in [4.78, 5) is 4.25. The number of halogens is 2. The average Bonchev–Trinajstić information content (AvgIpc) is 2.81. The molecule has 0 spiro atoms. The van der Waals surface area contributed by atoms with Crippen LogP contribution in [0.3, 0.4) is 0 Å². The molecule has 6 heteroatoms. The molecule has 0 saturated carbocycles. The van der Waals surface area contributed by atoms with Gasteiger partial charge < -0.3 is 15.5 Å². The minimum atomic E-state index is -0.277. The molecular weight excluding hydrogens is 325 g/mol. The summed E-state index contributed by atoms with van der Waals surface area (Å²) >= 11 is 3.31. The number of anilines is 2. The van der Waals surface area contributed by atoms with Crippen molar-refractivity contribution in [2.75, 3.05) is 11.1 Å². The third-order valence-electron chi connectivity index (χ3n) is 2.85. The number of fused-ring (bicyclic) bond motifs is 1. The lowest BCUT2D eigenvalue weighted by Crippen LogP contribution is -2.01. The number of nitrogen functional groups attached to an aromatic ring is 1. The van der Waals surface area contributed by atoms with E-state index in [2.05, 4.69) is 26.2 Å². The van der Waals surface area contributed by atoms with E-state index >= 15 is 0 Å². The van der Waals surface area contributed by atoms with E-state index in [0.29, 0.717) is 28.4 Å². The van der Waals surface area contributed by atoms with E-state index in [1.807, 2.05) is 0 Å². The lowest BCUT2D eigenvalue weighted by molar-refractivity contribution is 0.599. The van der Waals surface area contributed by atoms with Crippen molar-refractivity contribution in [2.45, 2.75) is 6.54 Å². The quantitative estimate of drug-likeness (QED) is 0.712. The summed E-state index contributed by atoms with van der Waals surface area (Å²) < 4.78 is 19.9. The molecule has 1 aromatic heterocycles. The van der Waals surface area contributed by atoms with E-state index in [1.165, 1.54) is 6.07 Å². The highest BCUT2D eigenvalue weighted by atomic mass is 79.9. The number of hydrogen-bond acceptors (Lipinski definition) is 4. The van der Waals surface area contributed by atoms with Gasteiger partial charge in [-0.25, -0.2) is 4.39 Å². The first-order valence-corrected chi connectivity index (χ1v) is 6.75. The van der Waals surface area contributed by atoms with Crippen LogP contribution in [-0.4, -0.2) is 4.98 Å². The molecule has 4 nitrogen and oxygen atoms in total. The van der Waals surface area contributed by atoms with Crippen molar-refractivity contribution >= 4 is 38.7 Å². The van der Waals surface area contributed by atoms with E-state index in [0.717, 1.165) is 4.47 Å². The Morgan fingerprint density at radius 3 is 2.95 bits per heavy atom. The number of oxazole rings is 1. The summed E-state index contributed by atoms with van der Waals surface area (Å²) in [5, 5.41) is 2.96. The van der Waals surface area contributed by atoms with Crippen LogP contribution in [0.25, 0.3) is 11.1 Å². The van der Waals surface area contributed by atoms with Gasteiger partial charge in [-0.2, -0.15) is 4.98 Å². The molecule has 0 bridgehead atoms. The number of aromatic nitrogens is 1. The Hall–Kier alpha value is -2.08. The fraction of sp³-hybridized carbons (Fsp3) is 0.0714. The highest BCUT2D eigenvalue weighted by Crippen LogP contribution is 2.22. The highest BCUT2D eigenvalue weighted by Gasteiger charge is 2.07. The topological polar surface area (TPSA) is 64.1 Å². The Kier molecular flexibility index (Phi) is 3.31. The Labute approximate surface area is 122 Å². The number of nitrogens with one attached hydrogen (secondary N) is 1. The van der Waals surface area contributed by atoms with Crippen molar-refractivity contribution in [3.8, 4) is 0 Å². The zero-order valence-electron chi connectivity index (χ0n) is 10.4. The van der Waals surface area contributed by atoms with Gasteiger partial charge in [-0.15, -0.1) is 0 Å². The molecule has 0 saturated heterocycles. The molecule has 0 aliphatic carbocycles. The van der Waals surface area contributed by atoms with Gasteiger partial charge in [0.2, 0.25) is 0 Å². The molecule has 0 amide bonds. The van der Waals surface area contributed by atoms with Gasteiger partial charge in [-0.05, 0) is 30.3 Å². The Morgan fingerprint density at radius 2 is 2.10 bits per heavy atom. The van der Waals surface area contributed by atoms with Gasteiger partial charge in [0.1, 0.15) is 11.3 Å². The zero-order chi connectivity index (χ0) is 14.1. The van der Waals surface area contributed by atoms with Gasteiger partial charge in [-0.1, -0.05) is 15.9 Å². The van der Waals surface area contributed by atoms with Crippen LogP contribution in [0.1, 0.15) is 5.56 Å². The van der Waals surface area contributed by atoms with Crippen molar-refractivity contribution in [1.29, 1.82) is 0 Å².